The summed E-state index contributed by atoms with van der Waals surface area (Å²) in [6, 6.07) is 33.3. The summed E-state index contributed by atoms with van der Waals surface area (Å²) in [7, 11) is 0. The lowest BCUT2D eigenvalue weighted by Crippen LogP contribution is -2.30. The minimum Gasteiger partial charge on any atom is -0.454 e. The van der Waals surface area contributed by atoms with Gasteiger partial charge in [0.1, 0.15) is 5.60 Å². The predicted molar refractivity (Wildman–Crippen MR) is 126 cm³/mol. The number of para-hydroxylation sites is 1. The highest BCUT2D eigenvalue weighted by molar-refractivity contribution is 5.83. The van der Waals surface area contributed by atoms with Crippen LogP contribution >= 0.6 is 0 Å². The molecule has 0 spiro atoms. The van der Waals surface area contributed by atoms with E-state index in [0.717, 1.165) is 28.0 Å². The zero-order valence-corrected chi connectivity index (χ0v) is 17.5. The third kappa shape index (κ3) is 4.01. The van der Waals surface area contributed by atoms with Crippen LogP contribution in [0.5, 0.6) is 11.5 Å². The first-order valence-corrected chi connectivity index (χ1v) is 10.6. The number of hydrogen-bond donors (Lipinski definition) is 1. The molecule has 4 heteroatoms. The van der Waals surface area contributed by atoms with Gasteiger partial charge in [-0.25, -0.2) is 0 Å². The van der Waals surface area contributed by atoms with Gasteiger partial charge in [-0.2, -0.15) is 0 Å². The molecule has 0 aromatic heterocycles. The highest BCUT2D eigenvalue weighted by Crippen LogP contribution is 2.39. The molecule has 1 aliphatic heterocycles. The monoisotopic (exact) mass is 421 g/mol. The second kappa shape index (κ2) is 8.69. The normalized spacial score (nSPS) is 14.4. The molecular formula is C28H23NO3. The average molecular weight is 421 g/mol. The van der Waals surface area contributed by atoms with E-state index in [4.69, 9.17) is 14.5 Å². The molecule has 0 fully saturated rings. The highest BCUT2D eigenvalue weighted by Gasteiger charge is 2.33. The molecule has 1 atom stereocenters. The van der Waals surface area contributed by atoms with Crippen molar-refractivity contribution >= 4 is 11.9 Å². The van der Waals surface area contributed by atoms with Gasteiger partial charge in [0.15, 0.2) is 11.5 Å². The Balaban J connectivity index is 1.55. The maximum atomic E-state index is 12.1. The average Bonchev–Trinajstić information content (AvgIpc) is 3.32. The van der Waals surface area contributed by atoms with E-state index < -0.39 is 5.60 Å². The van der Waals surface area contributed by atoms with Crippen LogP contribution in [0.15, 0.2) is 108 Å². The van der Waals surface area contributed by atoms with E-state index in [1.54, 1.807) is 6.21 Å². The largest absolute Gasteiger partial charge is 0.454 e. The number of aliphatic imine (C=N–C) groups is 1. The fourth-order valence-electron chi connectivity index (χ4n) is 4.03. The Bertz CT molecular complexity index is 1240. The zero-order chi connectivity index (χ0) is 21.8. The van der Waals surface area contributed by atoms with Crippen molar-refractivity contribution in [3.05, 3.63) is 125 Å². The maximum Gasteiger partial charge on any atom is 0.231 e. The third-order valence-corrected chi connectivity index (χ3v) is 5.65. The lowest BCUT2D eigenvalue weighted by atomic mass is 9.80. The van der Waals surface area contributed by atoms with Gasteiger partial charge in [0, 0.05) is 18.2 Å². The van der Waals surface area contributed by atoms with E-state index in [9.17, 15) is 5.11 Å². The van der Waals surface area contributed by atoms with Gasteiger partial charge < -0.3 is 14.6 Å². The van der Waals surface area contributed by atoms with Crippen LogP contribution in [0.25, 0.3) is 0 Å². The number of ether oxygens (including phenoxy) is 2. The van der Waals surface area contributed by atoms with Gasteiger partial charge in [-0.15, -0.1) is 0 Å². The molecule has 32 heavy (non-hydrogen) atoms. The van der Waals surface area contributed by atoms with E-state index >= 15 is 0 Å². The fraction of sp³-hybridized carbons (Fsp3) is 0.107. The first-order chi connectivity index (χ1) is 15.7. The van der Waals surface area contributed by atoms with Gasteiger partial charge in [0.25, 0.3) is 0 Å². The molecule has 0 aliphatic carbocycles. The van der Waals surface area contributed by atoms with E-state index in [-0.39, 0.29) is 6.79 Å². The topological polar surface area (TPSA) is 51.1 Å². The summed E-state index contributed by atoms with van der Waals surface area (Å²) in [5, 5.41) is 12.1. The summed E-state index contributed by atoms with van der Waals surface area (Å²) < 4.78 is 10.9. The lowest BCUT2D eigenvalue weighted by Gasteiger charge is -2.30. The molecule has 0 bridgehead atoms. The zero-order valence-electron chi connectivity index (χ0n) is 17.5. The van der Waals surface area contributed by atoms with Crippen LogP contribution in [0.3, 0.4) is 0 Å². The molecule has 0 saturated carbocycles. The summed E-state index contributed by atoms with van der Waals surface area (Å²) in [5.41, 5.74) is 3.02. The van der Waals surface area contributed by atoms with Gasteiger partial charge in [-0.1, -0.05) is 78.9 Å². The van der Waals surface area contributed by atoms with Gasteiger partial charge in [-0.05, 0) is 41.0 Å². The van der Waals surface area contributed by atoms with E-state index in [1.165, 1.54) is 0 Å². The molecule has 4 aromatic rings. The predicted octanol–water partition coefficient (Wildman–Crippen LogP) is 5.64. The fourth-order valence-corrected chi connectivity index (χ4v) is 4.03. The van der Waals surface area contributed by atoms with Gasteiger partial charge in [-0.3, -0.25) is 4.99 Å². The first kappa shape index (κ1) is 20.0. The van der Waals surface area contributed by atoms with Crippen molar-refractivity contribution in [2.45, 2.75) is 12.0 Å². The van der Waals surface area contributed by atoms with Crippen molar-refractivity contribution in [2.24, 2.45) is 4.99 Å². The van der Waals surface area contributed by atoms with Crippen LogP contribution in [0.1, 0.15) is 22.3 Å². The molecule has 1 heterocycles. The number of fused-ring (bicyclic) bond motifs is 1. The highest BCUT2D eigenvalue weighted by atomic mass is 16.7. The Labute approximate surface area is 187 Å². The van der Waals surface area contributed by atoms with Crippen LogP contribution in [-0.4, -0.2) is 18.1 Å². The summed E-state index contributed by atoms with van der Waals surface area (Å²) in [5.74, 6) is 1.45. The number of benzene rings is 4. The smallest absolute Gasteiger partial charge is 0.231 e. The maximum absolute atomic E-state index is 12.1. The Morgan fingerprint density at radius 1 is 0.781 bits per heavy atom. The Hall–Kier alpha value is -3.89. The molecular weight excluding hydrogens is 398 g/mol. The third-order valence-electron chi connectivity index (χ3n) is 5.65. The first-order valence-electron chi connectivity index (χ1n) is 10.6. The number of aliphatic hydroxyl groups is 1. The molecule has 1 aliphatic rings. The van der Waals surface area contributed by atoms with Crippen LogP contribution in [0.2, 0.25) is 0 Å². The van der Waals surface area contributed by atoms with Crippen molar-refractivity contribution < 1.29 is 14.6 Å². The van der Waals surface area contributed by atoms with Crippen molar-refractivity contribution in [1.29, 1.82) is 0 Å². The number of hydrogen-bond acceptors (Lipinski definition) is 4. The van der Waals surface area contributed by atoms with Gasteiger partial charge in [0.05, 0.1) is 5.69 Å². The van der Waals surface area contributed by atoms with Gasteiger partial charge in [0.2, 0.25) is 6.79 Å². The van der Waals surface area contributed by atoms with Crippen LogP contribution < -0.4 is 9.47 Å². The summed E-state index contributed by atoms with van der Waals surface area (Å²) in [4.78, 5) is 4.75. The van der Waals surface area contributed by atoms with E-state index in [2.05, 4.69) is 0 Å². The molecule has 0 radical (unpaired) electrons. The van der Waals surface area contributed by atoms with Crippen molar-refractivity contribution in [3.63, 3.8) is 0 Å². The Morgan fingerprint density at radius 2 is 1.47 bits per heavy atom. The summed E-state index contributed by atoms with van der Waals surface area (Å²) in [6.07, 6.45) is 2.23. The SMILES string of the molecule is O[C@@](Cc1ccccc1)(c1ccccc1)c1ccccc1N=Cc1ccc2c(c1)OCO2. The van der Waals surface area contributed by atoms with E-state index in [1.807, 2.05) is 103 Å². The van der Waals surface area contributed by atoms with Gasteiger partial charge >= 0.3 is 0 Å². The lowest BCUT2D eigenvalue weighted by molar-refractivity contribution is 0.0817. The van der Waals surface area contributed by atoms with Crippen LogP contribution in [0, 0.1) is 0 Å². The molecule has 4 aromatic carbocycles. The molecule has 4 nitrogen and oxygen atoms in total. The van der Waals surface area contributed by atoms with Crippen molar-refractivity contribution in [1.82, 2.24) is 0 Å². The Morgan fingerprint density at radius 3 is 2.28 bits per heavy atom. The summed E-state index contributed by atoms with van der Waals surface area (Å²) >= 11 is 0. The van der Waals surface area contributed by atoms with Crippen LogP contribution in [-0.2, 0) is 12.0 Å². The quantitative estimate of drug-likeness (QED) is 0.410. The molecule has 0 amide bonds. The Kier molecular flexibility index (Phi) is 5.44. The van der Waals surface area contributed by atoms with E-state index in [0.29, 0.717) is 17.9 Å². The second-order valence-corrected chi connectivity index (χ2v) is 7.78. The van der Waals surface area contributed by atoms with Crippen molar-refractivity contribution in [2.75, 3.05) is 6.79 Å². The minimum absolute atomic E-state index is 0.238. The second-order valence-electron chi connectivity index (χ2n) is 7.78. The number of nitrogens with zero attached hydrogens (tertiary/aromatic N) is 1. The molecule has 1 N–H and O–H groups in total. The minimum atomic E-state index is -1.23. The molecule has 0 unspecified atom stereocenters. The molecule has 158 valence electrons. The standard InChI is InChI=1S/C28H23NO3/c30-28(23-11-5-2-6-12-23,18-21-9-3-1-4-10-21)24-13-7-8-14-25(24)29-19-22-15-16-26-27(17-22)32-20-31-26/h1-17,19,30H,18,20H2/t28-/m0/s1. The molecule has 0 saturated heterocycles. The van der Waals surface area contributed by atoms with Crippen molar-refractivity contribution in [3.8, 4) is 11.5 Å². The molecule has 5 rings (SSSR count). The number of rotatable bonds is 6. The summed E-state index contributed by atoms with van der Waals surface area (Å²) in [6.45, 7) is 0.238. The van der Waals surface area contributed by atoms with Crippen LogP contribution in [0.4, 0.5) is 5.69 Å².